The van der Waals surface area contributed by atoms with Gasteiger partial charge in [0.25, 0.3) is 0 Å². The average Bonchev–Trinajstić information content (AvgIpc) is 2.35. The molecule has 1 saturated heterocycles. The van der Waals surface area contributed by atoms with Crippen LogP contribution in [-0.4, -0.2) is 41.4 Å². The molecule has 5 nitrogen and oxygen atoms in total. The minimum atomic E-state index is -0.691. The first-order valence-electron chi connectivity index (χ1n) is 6.57. The van der Waals surface area contributed by atoms with Crippen LogP contribution in [0.15, 0.2) is 18.3 Å². The Morgan fingerprint density at radius 3 is 2.84 bits per heavy atom. The normalized spacial score (nSPS) is 17.2. The summed E-state index contributed by atoms with van der Waals surface area (Å²) in [5, 5.41) is 10.3. The first-order chi connectivity index (χ1) is 8.98. The van der Waals surface area contributed by atoms with E-state index in [4.69, 9.17) is 4.74 Å². The van der Waals surface area contributed by atoms with Gasteiger partial charge in [-0.2, -0.15) is 0 Å². The van der Waals surface area contributed by atoms with Crippen LogP contribution in [0.25, 0.3) is 0 Å². The van der Waals surface area contributed by atoms with E-state index in [1.807, 2.05) is 18.7 Å². The molecule has 1 fully saturated rings. The zero-order valence-corrected chi connectivity index (χ0v) is 11.6. The fourth-order valence-corrected chi connectivity index (χ4v) is 2.15. The second kappa shape index (κ2) is 5.17. The SMILES string of the molecule is CCOC(=O)c1cccnc1N1CC(O)(C(C)C)C1. The molecule has 1 aliphatic heterocycles. The Kier molecular flexibility index (Phi) is 3.75. The summed E-state index contributed by atoms with van der Waals surface area (Å²) < 4.78 is 5.02. The number of nitrogens with zero attached hydrogens (tertiary/aromatic N) is 2. The molecule has 0 aromatic carbocycles. The van der Waals surface area contributed by atoms with E-state index in [0.29, 0.717) is 31.1 Å². The van der Waals surface area contributed by atoms with Crippen molar-refractivity contribution in [1.29, 1.82) is 0 Å². The molecule has 0 unspecified atom stereocenters. The average molecular weight is 264 g/mol. The molecule has 0 bridgehead atoms. The second-order valence-corrected chi connectivity index (χ2v) is 5.21. The van der Waals surface area contributed by atoms with Crippen LogP contribution in [0.1, 0.15) is 31.1 Å². The number of β-amino-alcohol motifs (C(OH)–C–C–N with tert-alkyl or cyclic N) is 1. The van der Waals surface area contributed by atoms with Crippen LogP contribution in [0.4, 0.5) is 5.82 Å². The van der Waals surface area contributed by atoms with E-state index in [0.717, 1.165) is 0 Å². The molecule has 0 saturated carbocycles. The van der Waals surface area contributed by atoms with Gasteiger partial charge in [0.15, 0.2) is 0 Å². The fourth-order valence-electron chi connectivity index (χ4n) is 2.15. The van der Waals surface area contributed by atoms with E-state index in [-0.39, 0.29) is 11.9 Å². The van der Waals surface area contributed by atoms with Crippen LogP contribution in [-0.2, 0) is 4.74 Å². The molecule has 1 N–H and O–H groups in total. The fraction of sp³-hybridized carbons (Fsp3) is 0.571. The minimum absolute atomic E-state index is 0.179. The molecule has 0 aliphatic carbocycles. The maximum Gasteiger partial charge on any atom is 0.341 e. The first kappa shape index (κ1) is 13.8. The van der Waals surface area contributed by atoms with Gasteiger partial charge in [0, 0.05) is 6.20 Å². The number of carbonyl (C=O) groups is 1. The van der Waals surface area contributed by atoms with E-state index >= 15 is 0 Å². The molecule has 1 aromatic heterocycles. The van der Waals surface area contributed by atoms with Gasteiger partial charge in [0.1, 0.15) is 17.0 Å². The predicted octanol–water partition coefficient (Wildman–Crippen LogP) is 1.47. The lowest BCUT2D eigenvalue weighted by molar-refractivity contribution is -0.0306. The standard InChI is InChI=1S/C14H20N2O3/c1-4-19-13(17)11-6-5-7-15-12(11)16-8-14(18,9-16)10(2)3/h5-7,10,18H,4,8-9H2,1-3H3. The Bertz CT molecular complexity index is 468. The van der Waals surface area contributed by atoms with Gasteiger partial charge >= 0.3 is 5.97 Å². The van der Waals surface area contributed by atoms with Crippen LogP contribution in [0.5, 0.6) is 0 Å². The monoisotopic (exact) mass is 264 g/mol. The van der Waals surface area contributed by atoms with Crippen molar-refractivity contribution in [2.24, 2.45) is 5.92 Å². The maximum absolute atomic E-state index is 11.9. The number of hydrogen-bond acceptors (Lipinski definition) is 5. The summed E-state index contributed by atoms with van der Waals surface area (Å²) >= 11 is 0. The molecular formula is C14H20N2O3. The van der Waals surface area contributed by atoms with Crippen molar-refractivity contribution in [3.8, 4) is 0 Å². The molecule has 104 valence electrons. The van der Waals surface area contributed by atoms with Gasteiger partial charge in [-0.15, -0.1) is 0 Å². The highest BCUT2D eigenvalue weighted by molar-refractivity contribution is 5.95. The van der Waals surface area contributed by atoms with Gasteiger partial charge in [0.05, 0.1) is 19.7 Å². The molecule has 1 aromatic rings. The van der Waals surface area contributed by atoms with Crippen molar-refractivity contribution in [3.63, 3.8) is 0 Å². The van der Waals surface area contributed by atoms with Gasteiger partial charge in [0.2, 0.25) is 0 Å². The Morgan fingerprint density at radius 2 is 2.26 bits per heavy atom. The summed E-state index contributed by atoms with van der Waals surface area (Å²) in [5.74, 6) is 0.398. The molecule has 0 amide bonds. The van der Waals surface area contributed by atoms with Crippen molar-refractivity contribution in [3.05, 3.63) is 23.9 Å². The maximum atomic E-state index is 11.9. The summed E-state index contributed by atoms with van der Waals surface area (Å²) in [6.45, 7) is 7.07. The quantitative estimate of drug-likeness (QED) is 0.834. The van der Waals surface area contributed by atoms with Crippen molar-refractivity contribution in [2.75, 3.05) is 24.6 Å². The lowest BCUT2D eigenvalue weighted by atomic mass is 9.83. The lowest BCUT2D eigenvalue weighted by Crippen LogP contribution is -2.65. The van der Waals surface area contributed by atoms with Crippen LogP contribution in [0.3, 0.4) is 0 Å². The number of pyridine rings is 1. The third kappa shape index (κ3) is 2.56. The van der Waals surface area contributed by atoms with E-state index in [1.165, 1.54) is 0 Å². The Labute approximate surface area is 113 Å². The molecule has 2 heterocycles. The summed E-state index contributed by atoms with van der Waals surface area (Å²) in [7, 11) is 0. The van der Waals surface area contributed by atoms with Gasteiger partial charge in [-0.05, 0) is 25.0 Å². The molecular weight excluding hydrogens is 244 g/mol. The molecule has 0 radical (unpaired) electrons. The summed E-state index contributed by atoms with van der Waals surface area (Å²) in [4.78, 5) is 18.0. The van der Waals surface area contributed by atoms with Gasteiger partial charge in [-0.1, -0.05) is 13.8 Å². The summed E-state index contributed by atoms with van der Waals surface area (Å²) in [6.07, 6.45) is 1.64. The zero-order chi connectivity index (χ0) is 14.0. The van der Waals surface area contributed by atoms with Crippen LogP contribution in [0, 0.1) is 5.92 Å². The van der Waals surface area contributed by atoms with E-state index in [2.05, 4.69) is 4.98 Å². The number of anilines is 1. The minimum Gasteiger partial charge on any atom is -0.462 e. The zero-order valence-electron chi connectivity index (χ0n) is 11.6. The second-order valence-electron chi connectivity index (χ2n) is 5.21. The summed E-state index contributed by atoms with van der Waals surface area (Å²) in [6, 6.07) is 3.41. The van der Waals surface area contributed by atoms with Crippen LogP contribution >= 0.6 is 0 Å². The number of ether oxygens (including phenoxy) is 1. The van der Waals surface area contributed by atoms with Crippen molar-refractivity contribution >= 4 is 11.8 Å². The smallest absolute Gasteiger partial charge is 0.341 e. The Balaban J connectivity index is 2.17. The van der Waals surface area contributed by atoms with Crippen LogP contribution < -0.4 is 4.90 Å². The highest BCUT2D eigenvalue weighted by Crippen LogP contribution is 2.33. The molecule has 0 atom stereocenters. The van der Waals surface area contributed by atoms with Crippen molar-refractivity contribution < 1.29 is 14.6 Å². The molecule has 1 aliphatic rings. The largest absolute Gasteiger partial charge is 0.462 e. The molecule has 2 rings (SSSR count). The van der Waals surface area contributed by atoms with E-state index in [1.54, 1.807) is 25.3 Å². The Hall–Kier alpha value is -1.62. The third-order valence-electron chi connectivity index (χ3n) is 3.59. The number of aromatic nitrogens is 1. The molecule has 5 heteroatoms. The first-order valence-corrected chi connectivity index (χ1v) is 6.57. The number of aliphatic hydroxyl groups is 1. The summed E-state index contributed by atoms with van der Waals surface area (Å²) in [5.41, 5.74) is -0.237. The van der Waals surface area contributed by atoms with E-state index in [9.17, 15) is 9.90 Å². The number of hydrogen-bond donors (Lipinski definition) is 1. The number of rotatable bonds is 4. The Morgan fingerprint density at radius 1 is 1.58 bits per heavy atom. The van der Waals surface area contributed by atoms with E-state index < -0.39 is 5.60 Å². The van der Waals surface area contributed by atoms with Crippen molar-refractivity contribution in [1.82, 2.24) is 4.98 Å². The predicted molar refractivity (Wildman–Crippen MR) is 72.2 cm³/mol. The van der Waals surface area contributed by atoms with Crippen LogP contribution in [0.2, 0.25) is 0 Å². The topological polar surface area (TPSA) is 62.7 Å². The van der Waals surface area contributed by atoms with Gasteiger partial charge < -0.3 is 14.7 Å². The van der Waals surface area contributed by atoms with Gasteiger partial charge in [-0.3, -0.25) is 0 Å². The molecule has 0 spiro atoms. The number of carbonyl (C=O) groups excluding carboxylic acids is 1. The number of esters is 1. The highest BCUT2D eigenvalue weighted by Gasteiger charge is 2.45. The highest BCUT2D eigenvalue weighted by atomic mass is 16.5. The third-order valence-corrected chi connectivity index (χ3v) is 3.59. The molecule has 19 heavy (non-hydrogen) atoms. The van der Waals surface area contributed by atoms with Crippen molar-refractivity contribution in [2.45, 2.75) is 26.4 Å². The van der Waals surface area contributed by atoms with Gasteiger partial charge in [-0.25, -0.2) is 9.78 Å². The lowest BCUT2D eigenvalue weighted by Gasteiger charge is -2.49.